The summed E-state index contributed by atoms with van der Waals surface area (Å²) in [6, 6.07) is 12.6. The van der Waals surface area contributed by atoms with Crippen LogP contribution < -0.4 is 15.8 Å². The summed E-state index contributed by atoms with van der Waals surface area (Å²) in [6.45, 7) is 1.93. The molecule has 0 bridgehead atoms. The fourth-order valence-electron chi connectivity index (χ4n) is 1.96. The Morgan fingerprint density at radius 2 is 2.05 bits per heavy atom. The van der Waals surface area contributed by atoms with Crippen LogP contribution in [0.1, 0.15) is 28.9 Å². The van der Waals surface area contributed by atoms with Crippen LogP contribution in [0, 0.1) is 0 Å². The number of halogens is 1. The lowest BCUT2D eigenvalue weighted by molar-refractivity contribution is 0.0940. The minimum absolute atomic E-state index is 0.127. The number of methoxy groups -OCH3 is 1. The number of nitrogens with one attached hydrogen (secondary N) is 1. The van der Waals surface area contributed by atoms with E-state index < -0.39 is 0 Å². The van der Waals surface area contributed by atoms with Gasteiger partial charge in [-0.1, -0.05) is 12.1 Å². The summed E-state index contributed by atoms with van der Waals surface area (Å²) in [7, 11) is 1.62. The number of nitrogens with two attached hydrogens (primary N) is 1. The predicted octanol–water partition coefficient (Wildman–Crippen LogP) is 3.53. The topological polar surface area (TPSA) is 64.3 Å². The van der Waals surface area contributed by atoms with E-state index in [0.29, 0.717) is 11.3 Å². The summed E-state index contributed by atoms with van der Waals surface area (Å²) in [5.41, 5.74) is 7.85. The van der Waals surface area contributed by atoms with Crippen LogP contribution in [-0.4, -0.2) is 13.0 Å². The number of rotatable bonds is 4. The minimum atomic E-state index is -0.162. The molecule has 0 heterocycles. The molecule has 0 aliphatic heterocycles. The molecule has 5 heteroatoms. The molecular formula is C16H17BrN2O2. The van der Waals surface area contributed by atoms with Gasteiger partial charge in [-0.3, -0.25) is 4.79 Å². The van der Waals surface area contributed by atoms with Crippen molar-refractivity contribution < 1.29 is 9.53 Å². The van der Waals surface area contributed by atoms with Crippen LogP contribution in [0.2, 0.25) is 0 Å². The summed E-state index contributed by atoms with van der Waals surface area (Å²) < 4.78 is 5.97. The van der Waals surface area contributed by atoms with Gasteiger partial charge in [0.15, 0.2) is 0 Å². The SMILES string of the molecule is COc1cccc([C@H](C)NC(=O)c2ccc(Br)c(N)c2)c1. The van der Waals surface area contributed by atoms with E-state index in [0.717, 1.165) is 15.8 Å². The molecule has 4 nitrogen and oxygen atoms in total. The molecule has 2 aromatic carbocycles. The fraction of sp³-hybridized carbons (Fsp3) is 0.188. The normalized spacial score (nSPS) is 11.8. The van der Waals surface area contributed by atoms with Crippen LogP contribution in [0.3, 0.4) is 0 Å². The Balaban J connectivity index is 2.12. The zero-order chi connectivity index (χ0) is 15.4. The molecule has 0 radical (unpaired) electrons. The van der Waals surface area contributed by atoms with Gasteiger partial charge in [0.25, 0.3) is 5.91 Å². The van der Waals surface area contributed by atoms with E-state index >= 15 is 0 Å². The molecule has 1 atom stereocenters. The number of amides is 1. The molecular weight excluding hydrogens is 332 g/mol. The zero-order valence-electron chi connectivity index (χ0n) is 11.9. The number of hydrogen-bond acceptors (Lipinski definition) is 3. The van der Waals surface area contributed by atoms with Gasteiger partial charge in [0.1, 0.15) is 5.75 Å². The largest absolute Gasteiger partial charge is 0.497 e. The van der Waals surface area contributed by atoms with Gasteiger partial charge in [-0.25, -0.2) is 0 Å². The lowest BCUT2D eigenvalue weighted by Crippen LogP contribution is -2.26. The molecule has 0 aromatic heterocycles. The Hall–Kier alpha value is -2.01. The van der Waals surface area contributed by atoms with E-state index in [2.05, 4.69) is 21.2 Å². The molecule has 0 saturated carbocycles. The molecule has 0 aliphatic rings. The Kier molecular flexibility index (Phi) is 4.85. The van der Waals surface area contributed by atoms with Crippen LogP contribution in [0.4, 0.5) is 5.69 Å². The number of carbonyl (C=O) groups is 1. The highest BCUT2D eigenvalue weighted by atomic mass is 79.9. The molecule has 0 aliphatic carbocycles. The monoisotopic (exact) mass is 348 g/mol. The summed E-state index contributed by atoms with van der Waals surface area (Å²) in [5.74, 6) is 0.603. The quantitative estimate of drug-likeness (QED) is 0.830. The van der Waals surface area contributed by atoms with E-state index in [9.17, 15) is 4.79 Å². The van der Waals surface area contributed by atoms with Gasteiger partial charge >= 0.3 is 0 Å². The summed E-state index contributed by atoms with van der Waals surface area (Å²) in [4.78, 5) is 12.2. The second kappa shape index (κ2) is 6.63. The van der Waals surface area contributed by atoms with Crippen LogP contribution >= 0.6 is 15.9 Å². The van der Waals surface area contributed by atoms with Gasteiger partial charge in [-0.2, -0.15) is 0 Å². The van der Waals surface area contributed by atoms with Crippen molar-refractivity contribution >= 4 is 27.5 Å². The van der Waals surface area contributed by atoms with Crippen LogP contribution in [0.5, 0.6) is 5.75 Å². The van der Waals surface area contributed by atoms with Crippen molar-refractivity contribution in [2.75, 3.05) is 12.8 Å². The first kappa shape index (κ1) is 15.4. The highest BCUT2D eigenvalue weighted by molar-refractivity contribution is 9.10. The lowest BCUT2D eigenvalue weighted by atomic mass is 10.1. The van der Waals surface area contributed by atoms with Crippen molar-refractivity contribution in [3.05, 3.63) is 58.1 Å². The first-order valence-corrected chi connectivity index (χ1v) is 7.30. The van der Waals surface area contributed by atoms with Crippen molar-refractivity contribution in [3.63, 3.8) is 0 Å². The Morgan fingerprint density at radius 3 is 2.71 bits per heavy atom. The first-order chi connectivity index (χ1) is 10.0. The maximum absolute atomic E-state index is 12.2. The maximum Gasteiger partial charge on any atom is 0.251 e. The Bertz CT molecular complexity index is 658. The van der Waals surface area contributed by atoms with E-state index in [4.69, 9.17) is 10.5 Å². The zero-order valence-corrected chi connectivity index (χ0v) is 13.5. The second-order valence-electron chi connectivity index (χ2n) is 4.71. The second-order valence-corrected chi connectivity index (χ2v) is 5.56. The summed E-state index contributed by atoms with van der Waals surface area (Å²) in [5, 5.41) is 2.95. The third kappa shape index (κ3) is 3.76. The maximum atomic E-state index is 12.2. The van der Waals surface area contributed by atoms with Crippen molar-refractivity contribution in [1.82, 2.24) is 5.32 Å². The van der Waals surface area contributed by atoms with Crippen molar-refractivity contribution in [1.29, 1.82) is 0 Å². The smallest absolute Gasteiger partial charge is 0.251 e. The third-order valence-corrected chi connectivity index (χ3v) is 3.92. The molecule has 0 unspecified atom stereocenters. The van der Waals surface area contributed by atoms with Crippen molar-refractivity contribution in [2.24, 2.45) is 0 Å². The minimum Gasteiger partial charge on any atom is -0.497 e. The standard InChI is InChI=1S/C16H17BrN2O2/c1-10(11-4-3-5-13(8-11)21-2)19-16(20)12-6-7-14(17)15(18)9-12/h3-10H,18H2,1-2H3,(H,19,20)/t10-/m0/s1. The number of carbonyl (C=O) groups excluding carboxylic acids is 1. The van der Waals surface area contributed by atoms with Gasteiger partial charge in [-0.05, 0) is 58.7 Å². The van der Waals surface area contributed by atoms with Crippen molar-refractivity contribution in [2.45, 2.75) is 13.0 Å². The Morgan fingerprint density at radius 1 is 1.29 bits per heavy atom. The molecule has 0 saturated heterocycles. The average molecular weight is 349 g/mol. The molecule has 2 rings (SSSR count). The summed E-state index contributed by atoms with van der Waals surface area (Å²) in [6.07, 6.45) is 0. The molecule has 3 N–H and O–H groups in total. The van der Waals surface area contributed by atoms with Crippen LogP contribution in [0.15, 0.2) is 46.9 Å². The van der Waals surface area contributed by atoms with E-state index in [-0.39, 0.29) is 11.9 Å². The average Bonchev–Trinajstić information content (AvgIpc) is 2.49. The van der Waals surface area contributed by atoms with E-state index in [1.165, 1.54) is 0 Å². The highest BCUT2D eigenvalue weighted by Gasteiger charge is 2.12. The number of anilines is 1. The third-order valence-electron chi connectivity index (χ3n) is 3.20. The van der Waals surface area contributed by atoms with E-state index in [1.54, 1.807) is 25.3 Å². The number of ether oxygens (including phenoxy) is 1. The Labute approximate surface area is 132 Å². The fourth-order valence-corrected chi connectivity index (χ4v) is 2.21. The molecule has 0 spiro atoms. The highest BCUT2D eigenvalue weighted by Crippen LogP contribution is 2.22. The van der Waals surface area contributed by atoms with Gasteiger partial charge in [0, 0.05) is 15.7 Å². The van der Waals surface area contributed by atoms with Crippen LogP contribution in [-0.2, 0) is 0 Å². The van der Waals surface area contributed by atoms with Gasteiger partial charge < -0.3 is 15.8 Å². The van der Waals surface area contributed by atoms with Gasteiger partial charge in [0.05, 0.1) is 13.2 Å². The first-order valence-electron chi connectivity index (χ1n) is 6.51. The molecule has 2 aromatic rings. The number of benzene rings is 2. The van der Waals surface area contributed by atoms with Crippen molar-refractivity contribution in [3.8, 4) is 5.75 Å². The number of nitrogen functional groups attached to an aromatic ring is 1. The molecule has 0 fully saturated rings. The van der Waals surface area contributed by atoms with Gasteiger partial charge in [-0.15, -0.1) is 0 Å². The van der Waals surface area contributed by atoms with Crippen LogP contribution in [0.25, 0.3) is 0 Å². The predicted molar refractivity (Wildman–Crippen MR) is 87.4 cm³/mol. The summed E-state index contributed by atoms with van der Waals surface area (Å²) >= 11 is 3.31. The number of hydrogen-bond donors (Lipinski definition) is 2. The molecule has 1 amide bonds. The lowest BCUT2D eigenvalue weighted by Gasteiger charge is -2.15. The molecule has 21 heavy (non-hydrogen) atoms. The van der Waals surface area contributed by atoms with E-state index in [1.807, 2.05) is 31.2 Å². The van der Waals surface area contributed by atoms with Gasteiger partial charge in [0.2, 0.25) is 0 Å². The molecule has 110 valence electrons.